The molecular weight excluding hydrogens is 170 g/mol. The standard InChI is InChI=1S/C9H17NO3/c1-12-6-5-10(8-3-4-8)9(11)7-13-2/h8H,3-7H2,1-2H3. The highest BCUT2D eigenvalue weighted by Crippen LogP contribution is 2.26. The van der Waals surface area contributed by atoms with Gasteiger partial charge in [0.05, 0.1) is 6.61 Å². The van der Waals surface area contributed by atoms with Gasteiger partial charge in [-0.15, -0.1) is 0 Å². The van der Waals surface area contributed by atoms with Gasteiger partial charge in [-0.2, -0.15) is 0 Å². The van der Waals surface area contributed by atoms with Crippen molar-refractivity contribution in [3.8, 4) is 0 Å². The lowest BCUT2D eigenvalue weighted by Crippen LogP contribution is -2.38. The van der Waals surface area contributed by atoms with E-state index in [1.165, 1.54) is 0 Å². The Bertz CT molecular complexity index is 168. The Balaban J connectivity index is 2.32. The SMILES string of the molecule is COCCN(C(=O)COC)C1CC1. The minimum Gasteiger partial charge on any atom is -0.383 e. The number of amides is 1. The summed E-state index contributed by atoms with van der Waals surface area (Å²) < 4.78 is 9.75. The minimum absolute atomic E-state index is 0.0713. The lowest BCUT2D eigenvalue weighted by molar-refractivity contribution is -0.136. The molecule has 0 aromatic rings. The monoisotopic (exact) mass is 187 g/mol. The van der Waals surface area contributed by atoms with Gasteiger partial charge < -0.3 is 14.4 Å². The van der Waals surface area contributed by atoms with Crippen molar-refractivity contribution >= 4 is 5.91 Å². The van der Waals surface area contributed by atoms with Crippen molar-refractivity contribution in [1.82, 2.24) is 4.90 Å². The first-order chi connectivity index (χ1) is 6.29. The number of hydrogen-bond acceptors (Lipinski definition) is 3. The number of ether oxygens (including phenoxy) is 2. The molecule has 0 unspecified atom stereocenters. The van der Waals surface area contributed by atoms with Crippen LogP contribution < -0.4 is 0 Å². The lowest BCUT2D eigenvalue weighted by atomic mass is 10.4. The predicted octanol–water partition coefficient (Wildman–Crippen LogP) is 0.270. The molecule has 1 saturated carbocycles. The van der Waals surface area contributed by atoms with Gasteiger partial charge in [-0.3, -0.25) is 4.79 Å². The summed E-state index contributed by atoms with van der Waals surface area (Å²) in [6.45, 7) is 1.47. The van der Waals surface area contributed by atoms with E-state index in [0.29, 0.717) is 19.2 Å². The van der Waals surface area contributed by atoms with Gasteiger partial charge in [0.15, 0.2) is 0 Å². The quantitative estimate of drug-likeness (QED) is 0.599. The number of hydrogen-bond donors (Lipinski definition) is 0. The first-order valence-corrected chi connectivity index (χ1v) is 4.57. The van der Waals surface area contributed by atoms with E-state index in [1.807, 2.05) is 4.90 Å². The van der Waals surface area contributed by atoms with Crippen molar-refractivity contribution in [3.63, 3.8) is 0 Å². The molecule has 0 spiro atoms. The van der Waals surface area contributed by atoms with Crippen molar-refractivity contribution < 1.29 is 14.3 Å². The Morgan fingerprint density at radius 3 is 2.54 bits per heavy atom. The molecule has 0 bridgehead atoms. The maximum Gasteiger partial charge on any atom is 0.248 e. The number of carbonyl (C=O) groups excluding carboxylic acids is 1. The van der Waals surface area contributed by atoms with Crippen LogP contribution in [0, 0.1) is 0 Å². The molecule has 1 fully saturated rings. The zero-order chi connectivity index (χ0) is 9.68. The summed E-state index contributed by atoms with van der Waals surface area (Å²) in [6, 6.07) is 0.442. The Labute approximate surface area is 78.8 Å². The average Bonchev–Trinajstić information content (AvgIpc) is 2.89. The molecule has 0 saturated heterocycles. The Morgan fingerprint density at radius 1 is 1.38 bits per heavy atom. The third-order valence-corrected chi connectivity index (χ3v) is 2.11. The molecule has 1 amide bonds. The molecule has 0 aromatic heterocycles. The second-order valence-electron chi connectivity index (χ2n) is 3.24. The maximum atomic E-state index is 11.5. The summed E-state index contributed by atoms with van der Waals surface area (Å²) in [6.07, 6.45) is 2.25. The van der Waals surface area contributed by atoms with E-state index in [2.05, 4.69) is 0 Å². The van der Waals surface area contributed by atoms with Crippen LogP contribution in [0.3, 0.4) is 0 Å². The fourth-order valence-electron chi connectivity index (χ4n) is 1.29. The molecule has 0 atom stereocenters. The topological polar surface area (TPSA) is 38.8 Å². The lowest BCUT2D eigenvalue weighted by Gasteiger charge is -2.21. The molecule has 1 aliphatic carbocycles. The zero-order valence-electron chi connectivity index (χ0n) is 8.28. The fourth-order valence-corrected chi connectivity index (χ4v) is 1.29. The third kappa shape index (κ3) is 3.32. The van der Waals surface area contributed by atoms with Gasteiger partial charge >= 0.3 is 0 Å². The average molecular weight is 187 g/mol. The van der Waals surface area contributed by atoms with E-state index < -0.39 is 0 Å². The van der Waals surface area contributed by atoms with E-state index >= 15 is 0 Å². The molecule has 13 heavy (non-hydrogen) atoms. The Kier molecular flexibility index (Phi) is 4.18. The van der Waals surface area contributed by atoms with Crippen LogP contribution in [-0.4, -0.2) is 50.8 Å². The van der Waals surface area contributed by atoms with Gasteiger partial charge in [-0.1, -0.05) is 0 Å². The molecule has 1 aliphatic rings. The van der Waals surface area contributed by atoms with Crippen LogP contribution in [0.5, 0.6) is 0 Å². The van der Waals surface area contributed by atoms with Crippen molar-refractivity contribution in [2.24, 2.45) is 0 Å². The van der Waals surface area contributed by atoms with Crippen LogP contribution in [0.1, 0.15) is 12.8 Å². The summed E-state index contributed by atoms with van der Waals surface area (Å²) in [5.74, 6) is 0.0713. The fraction of sp³-hybridized carbons (Fsp3) is 0.889. The van der Waals surface area contributed by atoms with E-state index in [-0.39, 0.29) is 12.5 Å². The minimum atomic E-state index is 0.0713. The first-order valence-electron chi connectivity index (χ1n) is 4.57. The molecule has 0 aliphatic heterocycles. The summed E-state index contributed by atoms with van der Waals surface area (Å²) in [7, 11) is 3.19. The molecule has 0 radical (unpaired) electrons. The molecule has 1 rings (SSSR count). The second-order valence-corrected chi connectivity index (χ2v) is 3.24. The van der Waals surface area contributed by atoms with E-state index in [4.69, 9.17) is 9.47 Å². The van der Waals surface area contributed by atoms with E-state index in [9.17, 15) is 4.79 Å². The van der Waals surface area contributed by atoms with Crippen LogP contribution in [0.4, 0.5) is 0 Å². The van der Waals surface area contributed by atoms with Gasteiger partial charge in [-0.05, 0) is 12.8 Å². The molecule has 0 heterocycles. The predicted molar refractivity (Wildman–Crippen MR) is 48.5 cm³/mol. The van der Waals surface area contributed by atoms with Crippen LogP contribution in [0.25, 0.3) is 0 Å². The zero-order valence-corrected chi connectivity index (χ0v) is 8.28. The van der Waals surface area contributed by atoms with Crippen LogP contribution in [0.15, 0.2) is 0 Å². The Hall–Kier alpha value is -0.610. The second kappa shape index (κ2) is 5.19. The van der Waals surface area contributed by atoms with Crippen molar-refractivity contribution in [1.29, 1.82) is 0 Å². The molecule has 4 heteroatoms. The van der Waals surface area contributed by atoms with Crippen molar-refractivity contribution in [2.45, 2.75) is 18.9 Å². The van der Waals surface area contributed by atoms with Crippen LogP contribution in [0.2, 0.25) is 0 Å². The summed E-state index contributed by atoms with van der Waals surface area (Å²) in [5.41, 5.74) is 0. The summed E-state index contributed by atoms with van der Waals surface area (Å²) in [4.78, 5) is 13.3. The molecule has 0 aromatic carbocycles. The molecule has 4 nitrogen and oxygen atoms in total. The molecule has 76 valence electrons. The smallest absolute Gasteiger partial charge is 0.248 e. The highest BCUT2D eigenvalue weighted by atomic mass is 16.5. The van der Waals surface area contributed by atoms with Crippen molar-refractivity contribution in [2.75, 3.05) is 34.0 Å². The third-order valence-electron chi connectivity index (χ3n) is 2.11. The summed E-state index contributed by atoms with van der Waals surface area (Å²) in [5, 5.41) is 0. The van der Waals surface area contributed by atoms with Gasteiger partial charge in [0.1, 0.15) is 6.61 Å². The highest BCUT2D eigenvalue weighted by molar-refractivity contribution is 5.78. The van der Waals surface area contributed by atoms with Crippen LogP contribution in [-0.2, 0) is 14.3 Å². The largest absolute Gasteiger partial charge is 0.383 e. The number of rotatable bonds is 6. The maximum absolute atomic E-state index is 11.5. The normalized spacial score (nSPS) is 15.8. The highest BCUT2D eigenvalue weighted by Gasteiger charge is 2.31. The first kappa shape index (κ1) is 10.5. The van der Waals surface area contributed by atoms with Gasteiger partial charge in [0.25, 0.3) is 0 Å². The number of methoxy groups -OCH3 is 2. The van der Waals surface area contributed by atoms with Crippen LogP contribution >= 0.6 is 0 Å². The number of carbonyl (C=O) groups is 1. The number of nitrogens with zero attached hydrogens (tertiary/aromatic N) is 1. The molecule has 0 N–H and O–H groups in total. The van der Waals surface area contributed by atoms with Gasteiger partial charge in [0.2, 0.25) is 5.91 Å². The molecular formula is C9H17NO3. The van der Waals surface area contributed by atoms with Gasteiger partial charge in [-0.25, -0.2) is 0 Å². The van der Waals surface area contributed by atoms with Gasteiger partial charge in [0, 0.05) is 26.8 Å². The Morgan fingerprint density at radius 2 is 2.08 bits per heavy atom. The van der Waals surface area contributed by atoms with E-state index in [1.54, 1.807) is 14.2 Å². The van der Waals surface area contributed by atoms with Crippen molar-refractivity contribution in [3.05, 3.63) is 0 Å². The van der Waals surface area contributed by atoms with E-state index in [0.717, 1.165) is 12.8 Å². The summed E-state index contributed by atoms with van der Waals surface area (Å²) >= 11 is 0.